The second-order valence-electron chi connectivity index (χ2n) is 7.52. The molecule has 1 fully saturated rings. The average molecular weight is 355 g/mol. The first-order valence-corrected chi connectivity index (χ1v) is 9.68. The van der Waals surface area contributed by atoms with Gasteiger partial charge in [0.25, 0.3) is 0 Å². The summed E-state index contributed by atoms with van der Waals surface area (Å²) >= 11 is 0. The highest BCUT2D eigenvalue weighted by atomic mass is 19.1. The Hall–Kier alpha value is -2.01. The molecule has 5 heteroatoms. The number of rotatable bonds is 4. The average Bonchev–Trinajstić information content (AvgIpc) is 3.09. The van der Waals surface area contributed by atoms with Crippen LogP contribution in [0.4, 0.5) is 10.2 Å². The highest BCUT2D eigenvalue weighted by Gasteiger charge is 2.31. The summed E-state index contributed by atoms with van der Waals surface area (Å²) in [6, 6.07) is 6.44. The standard InChI is InChI=1S/C21H26FN3O/c1-14-23-19-7-3-2-6-18(19)21(24-14)25-12-4-5-17(25)13-20(26)15-8-10-16(22)11-9-15/h8-11,17,20,26H,2-7,12-13H2,1H3. The van der Waals surface area contributed by atoms with E-state index in [9.17, 15) is 9.50 Å². The van der Waals surface area contributed by atoms with Crippen LogP contribution in [0.25, 0.3) is 0 Å². The molecule has 4 nitrogen and oxygen atoms in total. The van der Waals surface area contributed by atoms with Gasteiger partial charge in [-0.25, -0.2) is 14.4 Å². The third kappa shape index (κ3) is 3.45. The summed E-state index contributed by atoms with van der Waals surface area (Å²) < 4.78 is 13.1. The first-order chi connectivity index (χ1) is 12.6. The van der Waals surface area contributed by atoms with Crippen molar-refractivity contribution in [3.8, 4) is 0 Å². The van der Waals surface area contributed by atoms with Gasteiger partial charge in [0.2, 0.25) is 0 Å². The smallest absolute Gasteiger partial charge is 0.136 e. The van der Waals surface area contributed by atoms with E-state index >= 15 is 0 Å². The molecule has 2 heterocycles. The van der Waals surface area contributed by atoms with Crippen molar-refractivity contribution in [2.24, 2.45) is 0 Å². The summed E-state index contributed by atoms with van der Waals surface area (Å²) in [5, 5.41) is 10.6. The third-order valence-electron chi connectivity index (χ3n) is 5.67. The molecule has 0 amide bonds. The molecule has 1 N–H and O–H groups in total. The summed E-state index contributed by atoms with van der Waals surface area (Å²) in [6.45, 7) is 2.94. The van der Waals surface area contributed by atoms with Crippen molar-refractivity contribution in [3.63, 3.8) is 0 Å². The van der Waals surface area contributed by atoms with Crippen LogP contribution in [-0.2, 0) is 12.8 Å². The van der Waals surface area contributed by atoms with Gasteiger partial charge in [0, 0.05) is 23.8 Å². The molecule has 1 saturated heterocycles. The summed E-state index contributed by atoms with van der Waals surface area (Å²) in [6.07, 6.45) is 6.72. The predicted molar refractivity (Wildman–Crippen MR) is 99.8 cm³/mol. The molecule has 2 aliphatic rings. The fourth-order valence-electron chi connectivity index (χ4n) is 4.37. The molecule has 0 saturated carbocycles. The second-order valence-corrected chi connectivity index (χ2v) is 7.52. The quantitative estimate of drug-likeness (QED) is 0.904. The van der Waals surface area contributed by atoms with E-state index < -0.39 is 6.10 Å². The van der Waals surface area contributed by atoms with Gasteiger partial charge < -0.3 is 10.0 Å². The molecular formula is C21H26FN3O. The van der Waals surface area contributed by atoms with Gasteiger partial charge in [-0.1, -0.05) is 12.1 Å². The third-order valence-corrected chi connectivity index (χ3v) is 5.67. The molecule has 2 unspecified atom stereocenters. The van der Waals surface area contributed by atoms with Gasteiger partial charge in [-0.3, -0.25) is 0 Å². The van der Waals surface area contributed by atoms with Gasteiger partial charge in [-0.15, -0.1) is 0 Å². The highest BCUT2D eigenvalue weighted by molar-refractivity contribution is 5.52. The molecule has 2 aromatic rings. The fourth-order valence-corrected chi connectivity index (χ4v) is 4.37. The van der Waals surface area contributed by atoms with E-state index in [2.05, 4.69) is 9.88 Å². The van der Waals surface area contributed by atoms with Gasteiger partial charge in [-0.05, 0) is 69.6 Å². The van der Waals surface area contributed by atoms with Crippen molar-refractivity contribution >= 4 is 5.82 Å². The molecular weight excluding hydrogens is 329 g/mol. The van der Waals surface area contributed by atoms with Crippen molar-refractivity contribution in [2.75, 3.05) is 11.4 Å². The van der Waals surface area contributed by atoms with Crippen LogP contribution in [0.3, 0.4) is 0 Å². The highest BCUT2D eigenvalue weighted by Crippen LogP contribution is 2.35. The number of halogens is 1. The maximum atomic E-state index is 13.1. The number of anilines is 1. The van der Waals surface area contributed by atoms with Gasteiger partial charge in [-0.2, -0.15) is 0 Å². The lowest BCUT2D eigenvalue weighted by molar-refractivity contribution is 0.158. The maximum Gasteiger partial charge on any atom is 0.136 e. The molecule has 1 aliphatic carbocycles. The lowest BCUT2D eigenvalue weighted by Crippen LogP contribution is -2.33. The zero-order chi connectivity index (χ0) is 18.1. The fraction of sp³-hybridized carbons (Fsp3) is 0.524. The van der Waals surface area contributed by atoms with Crippen molar-refractivity contribution in [1.82, 2.24) is 9.97 Å². The number of hydrogen-bond acceptors (Lipinski definition) is 4. The number of benzene rings is 1. The Morgan fingerprint density at radius 1 is 1.15 bits per heavy atom. The molecule has 1 aromatic heterocycles. The monoisotopic (exact) mass is 355 g/mol. The Balaban J connectivity index is 1.57. The second kappa shape index (κ2) is 7.31. The van der Waals surface area contributed by atoms with Gasteiger partial charge in [0.15, 0.2) is 0 Å². The number of nitrogens with zero attached hydrogens (tertiary/aromatic N) is 3. The first-order valence-electron chi connectivity index (χ1n) is 9.68. The number of fused-ring (bicyclic) bond motifs is 1. The lowest BCUT2D eigenvalue weighted by Gasteiger charge is -2.31. The Morgan fingerprint density at radius 2 is 1.92 bits per heavy atom. The molecule has 0 spiro atoms. The van der Waals surface area contributed by atoms with E-state index in [0.717, 1.165) is 49.4 Å². The topological polar surface area (TPSA) is 49.2 Å². The molecule has 138 valence electrons. The minimum absolute atomic E-state index is 0.260. The Morgan fingerprint density at radius 3 is 2.73 bits per heavy atom. The molecule has 1 aromatic carbocycles. The maximum absolute atomic E-state index is 13.1. The van der Waals surface area contributed by atoms with Crippen LogP contribution in [0.1, 0.15) is 60.9 Å². The number of aromatic nitrogens is 2. The lowest BCUT2D eigenvalue weighted by atomic mass is 9.95. The molecule has 0 bridgehead atoms. The SMILES string of the molecule is Cc1nc2c(c(N3CCCC3CC(O)c3ccc(F)cc3)n1)CCCC2. The van der Waals surface area contributed by atoms with Gasteiger partial charge in [0.05, 0.1) is 6.10 Å². The predicted octanol–water partition coefficient (Wildman–Crippen LogP) is 3.90. The normalized spacial score (nSPS) is 20.9. The van der Waals surface area contributed by atoms with Crippen LogP contribution in [0.15, 0.2) is 24.3 Å². The van der Waals surface area contributed by atoms with Crippen molar-refractivity contribution in [3.05, 3.63) is 52.7 Å². The van der Waals surface area contributed by atoms with E-state index in [4.69, 9.17) is 4.98 Å². The van der Waals surface area contributed by atoms with Crippen LogP contribution in [-0.4, -0.2) is 27.7 Å². The first kappa shape index (κ1) is 17.4. The van der Waals surface area contributed by atoms with Crippen LogP contribution in [0.2, 0.25) is 0 Å². The molecule has 26 heavy (non-hydrogen) atoms. The number of aliphatic hydroxyl groups is 1. The Kier molecular flexibility index (Phi) is 4.90. The Labute approximate surface area is 154 Å². The molecule has 2 atom stereocenters. The van der Waals surface area contributed by atoms with Crippen molar-refractivity contribution < 1.29 is 9.50 Å². The number of aliphatic hydroxyl groups excluding tert-OH is 1. The molecule has 0 radical (unpaired) electrons. The van der Waals surface area contributed by atoms with Crippen molar-refractivity contribution in [1.29, 1.82) is 0 Å². The van der Waals surface area contributed by atoms with Crippen molar-refractivity contribution in [2.45, 2.75) is 64.0 Å². The minimum Gasteiger partial charge on any atom is -0.388 e. The minimum atomic E-state index is -0.583. The Bertz CT molecular complexity index is 778. The zero-order valence-corrected chi connectivity index (χ0v) is 15.3. The largest absolute Gasteiger partial charge is 0.388 e. The van der Waals surface area contributed by atoms with Crippen LogP contribution >= 0.6 is 0 Å². The van der Waals surface area contributed by atoms with E-state index in [1.165, 1.54) is 36.2 Å². The summed E-state index contributed by atoms with van der Waals surface area (Å²) in [5.74, 6) is 1.65. The number of aryl methyl sites for hydroxylation is 2. The summed E-state index contributed by atoms with van der Waals surface area (Å²) in [4.78, 5) is 11.8. The number of hydrogen-bond donors (Lipinski definition) is 1. The summed E-state index contributed by atoms with van der Waals surface area (Å²) in [7, 11) is 0. The van der Waals surface area contributed by atoms with Gasteiger partial charge in [0.1, 0.15) is 17.5 Å². The zero-order valence-electron chi connectivity index (χ0n) is 15.3. The van der Waals surface area contributed by atoms with E-state index in [0.29, 0.717) is 6.42 Å². The summed E-state index contributed by atoms with van der Waals surface area (Å²) in [5.41, 5.74) is 3.30. The van der Waals surface area contributed by atoms with Crippen LogP contribution < -0.4 is 4.90 Å². The van der Waals surface area contributed by atoms with E-state index in [-0.39, 0.29) is 11.9 Å². The molecule has 1 aliphatic heterocycles. The van der Waals surface area contributed by atoms with Crippen LogP contribution in [0.5, 0.6) is 0 Å². The van der Waals surface area contributed by atoms with Crippen LogP contribution in [0, 0.1) is 12.7 Å². The molecule has 4 rings (SSSR count). The van der Waals surface area contributed by atoms with Gasteiger partial charge >= 0.3 is 0 Å². The van der Waals surface area contributed by atoms with E-state index in [1.807, 2.05) is 6.92 Å². The van der Waals surface area contributed by atoms with E-state index in [1.54, 1.807) is 12.1 Å².